The van der Waals surface area contributed by atoms with Crippen molar-refractivity contribution in [2.75, 3.05) is 7.11 Å². The van der Waals surface area contributed by atoms with E-state index >= 15 is 0 Å². The van der Waals surface area contributed by atoms with Crippen molar-refractivity contribution in [2.24, 2.45) is 5.73 Å². The summed E-state index contributed by atoms with van der Waals surface area (Å²) in [5, 5.41) is 0. The van der Waals surface area contributed by atoms with E-state index in [0.29, 0.717) is 5.76 Å². The Hall–Kier alpha value is -2.07. The zero-order valence-electron chi connectivity index (χ0n) is 11.9. The first-order valence-corrected chi connectivity index (χ1v) is 6.46. The molecule has 1 atom stereocenters. The number of carbonyl (C=O) groups excluding carboxylic acids is 1. The largest absolute Gasteiger partial charge is 0.463 e. The maximum absolute atomic E-state index is 11.4. The van der Waals surface area contributed by atoms with Crippen LogP contribution in [-0.4, -0.2) is 13.1 Å². The summed E-state index contributed by atoms with van der Waals surface area (Å²) in [6, 6.07) is 12.9. The fraction of sp³-hybridized carbons (Fsp3) is 0.312. The molecule has 0 saturated carbocycles. The number of ether oxygens (including phenoxy) is 1. The van der Waals surface area contributed by atoms with Gasteiger partial charge in [-0.25, -0.2) is 4.79 Å². The van der Waals surface area contributed by atoms with Crippen LogP contribution in [0, 0.1) is 0 Å². The zero-order chi connectivity index (χ0) is 14.8. The minimum Gasteiger partial charge on any atom is -0.463 e. The molecule has 0 aliphatic heterocycles. The van der Waals surface area contributed by atoms with Crippen LogP contribution < -0.4 is 5.73 Å². The molecule has 1 aromatic carbocycles. The molecule has 0 fully saturated rings. The van der Waals surface area contributed by atoms with Crippen LogP contribution in [0.5, 0.6) is 0 Å². The molecule has 0 spiro atoms. The van der Waals surface area contributed by atoms with Crippen molar-refractivity contribution in [3.63, 3.8) is 0 Å². The maximum atomic E-state index is 11.4. The zero-order valence-corrected chi connectivity index (χ0v) is 11.9. The molecule has 2 N–H and O–H groups in total. The van der Waals surface area contributed by atoms with Crippen molar-refractivity contribution in [3.05, 3.63) is 59.5 Å². The highest BCUT2D eigenvalue weighted by Gasteiger charge is 2.32. The molecular formula is C16H19NO3. The van der Waals surface area contributed by atoms with Crippen molar-refractivity contribution < 1.29 is 13.9 Å². The van der Waals surface area contributed by atoms with Crippen LogP contribution in [0.25, 0.3) is 0 Å². The van der Waals surface area contributed by atoms with Crippen molar-refractivity contribution in [1.29, 1.82) is 0 Å². The van der Waals surface area contributed by atoms with Gasteiger partial charge in [-0.05, 0) is 17.7 Å². The number of hydrogen-bond donors (Lipinski definition) is 1. The van der Waals surface area contributed by atoms with E-state index in [1.54, 1.807) is 12.1 Å². The Kier molecular flexibility index (Phi) is 3.95. The van der Waals surface area contributed by atoms with Gasteiger partial charge in [0, 0.05) is 5.41 Å². The maximum Gasteiger partial charge on any atom is 0.373 e. The lowest BCUT2D eigenvalue weighted by Gasteiger charge is -2.30. The molecule has 0 amide bonds. The lowest BCUT2D eigenvalue weighted by molar-refractivity contribution is 0.0561. The van der Waals surface area contributed by atoms with Gasteiger partial charge in [-0.1, -0.05) is 44.2 Å². The molecule has 1 unspecified atom stereocenters. The molecule has 0 aliphatic rings. The first-order chi connectivity index (χ1) is 9.46. The molecule has 4 nitrogen and oxygen atoms in total. The molecule has 20 heavy (non-hydrogen) atoms. The lowest BCUT2D eigenvalue weighted by Crippen LogP contribution is -2.32. The number of rotatable bonds is 4. The second-order valence-corrected chi connectivity index (χ2v) is 5.26. The number of esters is 1. The number of furan rings is 1. The predicted octanol–water partition coefficient (Wildman–Crippen LogP) is 3.04. The van der Waals surface area contributed by atoms with Crippen LogP contribution in [0.2, 0.25) is 0 Å². The molecule has 0 aliphatic carbocycles. The van der Waals surface area contributed by atoms with Crippen LogP contribution in [-0.2, 0) is 10.2 Å². The standard InChI is InChI=1S/C16H19NO3/c1-16(2,11-7-5-4-6-8-11)14(17)12-9-10-13(20-12)15(18)19-3/h4-10,14H,17H2,1-3H3. The topological polar surface area (TPSA) is 65.5 Å². The van der Waals surface area contributed by atoms with Crippen LogP contribution in [0.1, 0.15) is 41.8 Å². The van der Waals surface area contributed by atoms with Gasteiger partial charge in [0.25, 0.3) is 0 Å². The molecule has 0 saturated heterocycles. The summed E-state index contributed by atoms with van der Waals surface area (Å²) in [6.45, 7) is 4.10. The van der Waals surface area contributed by atoms with Crippen molar-refractivity contribution >= 4 is 5.97 Å². The Balaban J connectivity index is 2.28. The Morgan fingerprint density at radius 3 is 2.45 bits per heavy atom. The summed E-state index contributed by atoms with van der Waals surface area (Å²) in [4.78, 5) is 11.4. The van der Waals surface area contributed by atoms with E-state index in [4.69, 9.17) is 10.2 Å². The van der Waals surface area contributed by atoms with Crippen LogP contribution in [0.4, 0.5) is 0 Å². The Morgan fingerprint density at radius 1 is 1.20 bits per heavy atom. The summed E-state index contributed by atoms with van der Waals surface area (Å²) in [6.07, 6.45) is 0. The Morgan fingerprint density at radius 2 is 1.85 bits per heavy atom. The summed E-state index contributed by atoms with van der Waals surface area (Å²) in [5.41, 5.74) is 7.12. The fourth-order valence-corrected chi connectivity index (χ4v) is 2.13. The molecule has 2 rings (SSSR count). The third kappa shape index (κ3) is 2.60. The highest BCUT2D eigenvalue weighted by molar-refractivity contribution is 5.86. The number of benzene rings is 1. The highest BCUT2D eigenvalue weighted by atomic mass is 16.5. The third-order valence-corrected chi connectivity index (χ3v) is 3.62. The van der Waals surface area contributed by atoms with E-state index in [1.165, 1.54) is 7.11 Å². The second-order valence-electron chi connectivity index (χ2n) is 5.26. The fourth-order valence-electron chi connectivity index (χ4n) is 2.13. The summed E-state index contributed by atoms with van der Waals surface area (Å²) in [5.74, 6) is 0.238. The molecule has 4 heteroatoms. The van der Waals surface area contributed by atoms with Crippen LogP contribution in [0.3, 0.4) is 0 Å². The van der Waals surface area contributed by atoms with Gasteiger partial charge in [0.15, 0.2) is 0 Å². The van der Waals surface area contributed by atoms with Crippen molar-refractivity contribution in [3.8, 4) is 0 Å². The SMILES string of the molecule is COC(=O)c1ccc(C(N)C(C)(C)c2ccccc2)o1. The molecule has 106 valence electrons. The molecular weight excluding hydrogens is 254 g/mol. The van der Waals surface area contributed by atoms with Gasteiger partial charge in [-0.2, -0.15) is 0 Å². The minimum absolute atomic E-state index is 0.168. The summed E-state index contributed by atoms with van der Waals surface area (Å²) in [7, 11) is 1.32. The van der Waals surface area contributed by atoms with Gasteiger partial charge in [0.1, 0.15) is 5.76 Å². The van der Waals surface area contributed by atoms with Gasteiger partial charge in [-0.15, -0.1) is 0 Å². The first-order valence-electron chi connectivity index (χ1n) is 6.46. The molecule has 1 heterocycles. The van der Waals surface area contributed by atoms with Crippen LogP contribution in [0.15, 0.2) is 46.9 Å². The normalized spacial score (nSPS) is 13.0. The van der Waals surface area contributed by atoms with E-state index in [1.807, 2.05) is 44.2 Å². The molecule has 0 radical (unpaired) electrons. The van der Waals surface area contributed by atoms with E-state index in [2.05, 4.69) is 4.74 Å². The number of nitrogens with two attached hydrogens (primary N) is 1. The molecule has 1 aromatic heterocycles. The van der Waals surface area contributed by atoms with Gasteiger partial charge >= 0.3 is 5.97 Å². The van der Waals surface area contributed by atoms with E-state index in [9.17, 15) is 4.79 Å². The summed E-state index contributed by atoms with van der Waals surface area (Å²) < 4.78 is 10.1. The van der Waals surface area contributed by atoms with E-state index in [0.717, 1.165) is 5.56 Å². The average molecular weight is 273 g/mol. The van der Waals surface area contributed by atoms with Gasteiger partial charge in [0.2, 0.25) is 5.76 Å². The van der Waals surface area contributed by atoms with Gasteiger partial charge < -0.3 is 14.9 Å². The van der Waals surface area contributed by atoms with Gasteiger partial charge in [-0.3, -0.25) is 0 Å². The van der Waals surface area contributed by atoms with Gasteiger partial charge in [0.05, 0.1) is 13.2 Å². The third-order valence-electron chi connectivity index (χ3n) is 3.62. The van der Waals surface area contributed by atoms with Crippen molar-refractivity contribution in [1.82, 2.24) is 0 Å². The number of carbonyl (C=O) groups is 1. The smallest absolute Gasteiger partial charge is 0.373 e. The van der Waals surface area contributed by atoms with E-state index in [-0.39, 0.29) is 17.2 Å². The van der Waals surface area contributed by atoms with E-state index < -0.39 is 5.97 Å². The Bertz CT molecular complexity index is 587. The minimum atomic E-state index is -0.499. The number of methoxy groups -OCH3 is 1. The predicted molar refractivity (Wildman–Crippen MR) is 76.4 cm³/mol. The number of hydrogen-bond acceptors (Lipinski definition) is 4. The molecule has 0 bridgehead atoms. The Labute approximate surface area is 118 Å². The van der Waals surface area contributed by atoms with Crippen LogP contribution >= 0.6 is 0 Å². The average Bonchev–Trinajstić information content (AvgIpc) is 2.96. The lowest BCUT2D eigenvalue weighted by atomic mass is 9.77. The second kappa shape index (κ2) is 5.51. The molecule has 2 aromatic rings. The monoisotopic (exact) mass is 273 g/mol. The quantitative estimate of drug-likeness (QED) is 0.869. The van der Waals surface area contributed by atoms with Crippen molar-refractivity contribution in [2.45, 2.75) is 25.3 Å². The highest BCUT2D eigenvalue weighted by Crippen LogP contribution is 2.35. The summed E-state index contributed by atoms with van der Waals surface area (Å²) >= 11 is 0. The first kappa shape index (κ1) is 14.3.